The third-order valence-corrected chi connectivity index (χ3v) is 7.35. The maximum atomic E-state index is 11.4. The highest BCUT2D eigenvalue weighted by atomic mass is 16.5. The highest BCUT2D eigenvalue weighted by molar-refractivity contribution is 5.82. The predicted octanol–water partition coefficient (Wildman–Crippen LogP) is 5.68. The van der Waals surface area contributed by atoms with Gasteiger partial charge in [-0.25, -0.2) is 4.79 Å². The Hall–Kier alpha value is -1.05. The van der Waals surface area contributed by atoms with Gasteiger partial charge in [-0.1, -0.05) is 51.3 Å². The van der Waals surface area contributed by atoms with Crippen LogP contribution in [0.2, 0.25) is 0 Å². The summed E-state index contributed by atoms with van der Waals surface area (Å²) in [6.07, 6.45) is 10.2. The van der Waals surface area contributed by atoms with E-state index in [4.69, 9.17) is 4.74 Å². The molecule has 23 heavy (non-hydrogen) atoms. The summed E-state index contributed by atoms with van der Waals surface area (Å²) in [5.74, 6) is 1.13. The minimum Gasteiger partial charge on any atom is -0.466 e. The summed E-state index contributed by atoms with van der Waals surface area (Å²) in [6, 6.07) is 0. The molecule has 0 N–H and O–H groups in total. The van der Waals surface area contributed by atoms with Crippen molar-refractivity contribution in [3.8, 4) is 0 Å². The first-order chi connectivity index (χ1) is 10.7. The van der Waals surface area contributed by atoms with Gasteiger partial charge in [-0.3, -0.25) is 0 Å². The summed E-state index contributed by atoms with van der Waals surface area (Å²) in [7, 11) is 1.44. The second-order valence-electron chi connectivity index (χ2n) is 8.39. The van der Waals surface area contributed by atoms with Gasteiger partial charge in [-0.15, -0.1) is 0 Å². The Kier molecular flexibility index (Phi) is 5.43. The fraction of sp³-hybridized carbons (Fsp3) is 0.762. The molecule has 2 saturated carbocycles. The van der Waals surface area contributed by atoms with Crippen LogP contribution in [0.15, 0.2) is 23.8 Å². The first-order valence-corrected chi connectivity index (χ1v) is 9.17. The van der Waals surface area contributed by atoms with E-state index in [1.54, 1.807) is 6.08 Å². The van der Waals surface area contributed by atoms with Gasteiger partial charge in [0.15, 0.2) is 0 Å². The standard InChI is InChI=1S/C21H34O2/c1-15(14-19(22)23-6)9-10-18-16(2)11-13-20(4)17(3)8-7-12-21(18,20)5/h14,17-18H,2,7-13H2,1,3-6H3/b15-14+/t17-,18-,20+,21+/m1/s1. The van der Waals surface area contributed by atoms with Crippen LogP contribution >= 0.6 is 0 Å². The molecule has 0 bridgehead atoms. The molecular formula is C21H34O2. The number of ether oxygens (including phenoxy) is 1. The zero-order valence-corrected chi connectivity index (χ0v) is 15.7. The Bertz CT molecular complexity index is 504. The smallest absolute Gasteiger partial charge is 0.330 e. The van der Waals surface area contributed by atoms with E-state index in [1.807, 2.05) is 6.92 Å². The molecule has 0 aliphatic heterocycles. The van der Waals surface area contributed by atoms with Crippen LogP contribution in [0.25, 0.3) is 0 Å². The number of carbonyl (C=O) groups excluding carboxylic acids is 1. The SMILES string of the molecule is C=C1CC[C@@]2(C)[C@H](C)CCC[C@@]2(C)[C@@H]1CC/C(C)=C/C(=O)OC. The van der Waals surface area contributed by atoms with Crippen molar-refractivity contribution in [2.75, 3.05) is 7.11 Å². The number of hydrogen-bond acceptors (Lipinski definition) is 2. The summed E-state index contributed by atoms with van der Waals surface area (Å²) in [5, 5.41) is 0. The molecule has 0 aromatic rings. The largest absolute Gasteiger partial charge is 0.466 e. The van der Waals surface area contributed by atoms with Crippen molar-refractivity contribution >= 4 is 5.97 Å². The van der Waals surface area contributed by atoms with Gasteiger partial charge in [0.05, 0.1) is 7.11 Å². The molecule has 2 rings (SSSR count). The lowest BCUT2D eigenvalue weighted by molar-refractivity contribution is -0.134. The average Bonchev–Trinajstić information content (AvgIpc) is 2.49. The Balaban J connectivity index is 2.17. The van der Waals surface area contributed by atoms with Crippen molar-refractivity contribution in [3.63, 3.8) is 0 Å². The van der Waals surface area contributed by atoms with Crippen molar-refractivity contribution in [1.29, 1.82) is 0 Å². The van der Waals surface area contributed by atoms with Crippen LogP contribution in [0.5, 0.6) is 0 Å². The molecule has 0 saturated heterocycles. The highest BCUT2D eigenvalue weighted by Crippen LogP contribution is 2.64. The van der Waals surface area contributed by atoms with Crippen LogP contribution in [0, 0.1) is 22.7 Å². The normalized spacial score (nSPS) is 38.1. The molecule has 0 spiro atoms. The topological polar surface area (TPSA) is 26.3 Å². The first kappa shape index (κ1) is 18.3. The molecular weight excluding hydrogens is 284 g/mol. The van der Waals surface area contributed by atoms with Crippen LogP contribution in [-0.2, 0) is 9.53 Å². The van der Waals surface area contributed by atoms with Crippen LogP contribution < -0.4 is 0 Å². The summed E-state index contributed by atoms with van der Waals surface area (Å²) in [4.78, 5) is 11.4. The number of carbonyl (C=O) groups is 1. The fourth-order valence-corrected chi connectivity index (χ4v) is 5.32. The van der Waals surface area contributed by atoms with Crippen molar-refractivity contribution in [2.45, 2.75) is 72.6 Å². The number of hydrogen-bond donors (Lipinski definition) is 0. The van der Waals surface area contributed by atoms with Crippen molar-refractivity contribution < 1.29 is 9.53 Å². The number of fused-ring (bicyclic) bond motifs is 1. The second-order valence-corrected chi connectivity index (χ2v) is 8.39. The lowest BCUT2D eigenvalue weighted by Gasteiger charge is -2.61. The van der Waals surface area contributed by atoms with E-state index in [0.717, 1.165) is 24.3 Å². The summed E-state index contributed by atoms with van der Waals surface area (Å²) in [6.45, 7) is 13.9. The maximum absolute atomic E-state index is 11.4. The molecule has 0 aromatic heterocycles. The number of esters is 1. The minimum atomic E-state index is -0.243. The van der Waals surface area contributed by atoms with Crippen molar-refractivity contribution in [1.82, 2.24) is 0 Å². The molecule has 0 amide bonds. The molecule has 2 aliphatic carbocycles. The number of rotatable bonds is 4. The van der Waals surface area contributed by atoms with E-state index in [9.17, 15) is 4.79 Å². The lowest BCUT2D eigenvalue weighted by atomic mass is 9.43. The molecule has 0 unspecified atom stereocenters. The Morgan fingerprint density at radius 2 is 2.04 bits per heavy atom. The van der Waals surface area contributed by atoms with Gasteiger partial charge in [0.25, 0.3) is 0 Å². The molecule has 2 aliphatic rings. The van der Waals surface area contributed by atoms with Gasteiger partial charge in [-0.05, 0) is 61.7 Å². The van der Waals surface area contributed by atoms with Gasteiger partial charge in [0.2, 0.25) is 0 Å². The van der Waals surface area contributed by atoms with E-state index >= 15 is 0 Å². The van der Waals surface area contributed by atoms with Gasteiger partial charge in [-0.2, -0.15) is 0 Å². The summed E-state index contributed by atoms with van der Waals surface area (Å²) < 4.78 is 4.74. The summed E-state index contributed by atoms with van der Waals surface area (Å²) in [5.41, 5.74) is 3.33. The zero-order valence-electron chi connectivity index (χ0n) is 15.7. The molecule has 2 nitrogen and oxygen atoms in total. The monoisotopic (exact) mass is 318 g/mol. The van der Waals surface area contributed by atoms with Crippen LogP contribution in [0.4, 0.5) is 0 Å². The Labute approximate surface area is 142 Å². The Morgan fingerprint density at radius 3 is 2.70 bits per heavy atom. The molecule has 4 atom stereocenters. The van der Waals surface area contributed by atoms with Gasteiger partial charge < -0.3 is 4.74 Å². The quantitative estimate of drug-likeness (QED) is 0.378. The third-order valence-electron chi connectivity index (χ3n) is 7.35. The van der Waals surface area contributed by atoms with E-state index in [0.29, 0.717) is 16.7 Å². The van der Waals surface area contributed by atoms with Gasteiger partial charge >= 0.3 is 5.97 Å². The molecule has 0 aromatic carbocycles. The summed E-state index contributed by atoms with van der Waals surface area (Å²) >= 11 is 0. The van der Waals surface area contributed by atoms with E-state index < -0.39 is 0 Å². The molecule has 0 radical (unpaired) electrons. The second kappa shape index (κ2) is 6.83. The van der Waals surface area contributed by atoms with Gasteiger partial charge in [0, 0.05) is 6.08 Å². The van der Waals surface area contributed by atoms with E-state index in [1.165, 1.54) is 44.8 Å². The van der Waals surface area contributed by atoms with Gasteiger partial charge in [0.1, 0.15) is 0 Å². The number of methoxy groups -OCH3 is 1. The van der Waals surface area contributed by atoms with Crippen molar-refractivity contribution in [3.05, 3.63) is 23.8 Å². The molecule has 130 valence electrons. The lowest BCUT2D eigenvalue weighted by Crippen LogP contribution is -2.52. The first-order valence-electron chi connectivity index (χ1n) is 9.17. The van der Waals surface area contributed by atoms with E-state index in [2.05, 4.69) is 27.4 Å². The van der Waals surface area contributed by atoms with Crippen LogP contribution in [0.1, 0.15) is 72.6 Å². The zero-order chi connectivity index (χ0) is 17.3. The molecule has 0 heterocycles. The minimum absolute atomic E-state index is 0.243. The molecule has 2 heteroatoms. The molecule has 2 fully saturated rings. The van der Waals surface area contributed by atoms with Crippen LogP contribution in [0.3, 0.4) is 0 Å². The van der Waals surface area contributed by atoms with Crippen molar-refractivity contribution in [2.24, 2.45) is 22.7 Å². The number of allylic oxidation sites excluding steroid dienone is 2. The van der Waals surface area contributed by atoms with E-state index in [-0.39, 0.29) is 5.97 Å². The highest BCUT2D eigenvalue weighted by Gasteiger charge is 2.55. The predicted molar refractivity (Wildman–Crippen MR) is 96.1 cm³/mol. The maximum Gasteiger partial charge on any atom is 0.330 e. The third kappa shape index (κ3) is 3.27. The average molecular weight is 319 g/mol. The fourth-order valence-electron chi connectivity index (χ4n) is 5.32. The van der Waals surface area contributed by atoms with Crippen LogP contribution in [-0.4, -0.2) is 13.1 Å². The Morgan fingerprint density at radius 1 is 1.35 bits per heavy atom.